The van der Waals surface area contributed by atoms with Crippen molar-refractivity contribution in [3.63, 3.8) is 0 Å². The van der Waals surface area contributed by atoms with E-state index in [-0.39, 0.29) is 24.4 Å². The number of nitrogens with two attached hydrogens (primary N) is 1. The summed E-state index contributed by atoms with van der Waals surface area (Å²) in [6.45, 7) is 2.92. The molecule has 0 saturated carbocycles. The first-order valence-corrected chi connectivity index (χ1v) is 9.74. The van der Waals surface area contributed by atoms with Crippen LogP contribution in [0.3, 0.4) is 0 Å². The molecule has 0 radical (unpaired) electrons. The zero-order valence-electron chi connectivity index (χ0n) is 16.0. The number of carbonyl (C=O) groups is 1. The van der Waals surface area contributed by atoms with E-state index in [1.807, 2.05) is 17.0 Å². The molecule has 2 aromatic rings. The highest BCUT2D eigenvalue weighted by molar-refractivity contribution is 5.97. The van der Waals surface area contributed by atoms with Gasteiger partial charge in [0.25, 0.3) is 5.91 Å². The average molecular weight is 386 g/mol. The molecule has 0 aromatic heterocycles. The molecule has 2 aromatic carbocycles. The number of amides is 1. The molecular formula is C22H27FN2O3. The smallest absolute Gasteiger partial charge is 0.257 e. The predicted molar refractivity (Wildman–Crippen MR) is 106 cm³/mol. The number of benzene rings is 2. The van der Waals surface area contributed by atoms with Gasteiger partial charge < -0.3 is 20.1 Å². The number of ether oxygens (including phenoxy) is 2. The molecule has 28 heavy (non-hydrogen) atoms. The van der Waals surface area contributed by atoms with Crippen molar-refractivity contribution in [3.05, 3.63) is 65.5 Å². The molecule has 1 amide bonds. The Kier molecular flexibility index (Phi) is 7.39. The Bertz CT molecular complexity index is 759. The molecule has 1 fully saturated rings. The zero-order valence-corrected chi connectivity index (χ0v) is 16.0. The van der Waals surface area contributed by atoms with E-state index in [0.29, 0.717) is 37.6 Å². The fraction of sp³-hybridized carbons (Fsp3) is 0.409. The van der Waals surface area contributed by atoms with E-state index in [1.54, 1.807) is 24.3 Å². The average Bonchev–Trinajstić information content (AvgIpc) is 2.74. The Labute approximate surface area is 165 Å². The number of nitrogens with zero attached hydrogens (tertiary/aromatic N) is 1. The summed E-state index contributed by atoms with van der Waals surface area (Å²) in [4.78, 5) is 14.8. The maximum Gasteiger partial charge on any atom is 0.257 e. The van der Waals surface area contributed by atoms with E-state index in [4.69, 9.17) is 15.2 Å². The molecule has 1 heterocycles. The van der Waals surface area contributed by atoms with Crippen molar-refractivity contribution in [2.75, 3.05) is 26.2 Å². The summed E-state index contributed by atoms with van der Waals surface area (Å²) in [5, 5.41) is 0. The Balaban J connectivity index is 1.57. The third-order valence-electron chi connectivity index (χ3n) is 4.86. The molecule has 0 bridgehead atoms. The van der Waals surface area contributed by atoms with Crippen molar-refractivity contribution >= 4 is 5.91 Å². The maximum atomic E-state index is 13.0. The van der Waals surface area contributed by atoms with Gasteiger partial charge in [-0.25, -0.2) is 4.39 Å². The molecule has 0 atom stereocenters. The number of hydrogen-bond donors (Lipinski definition) is 1. The van der Waals surface area contributed by atoms with E-state index in [1.165, 1.54) is 12.1 Å². The van der Waals surface area contributed by atoms with Gasteiger partial charge in [-0.15, -0.1) is 0 Å². The van der Waals surface area contributed by atoms with Crippen molar-refractivity contribution in [1.29, 1.82) is 0 Å². The van der Waals surface area contributed by atoms with Crippen LogP contribution in [0, 0.1) is 5.82 Å². The van der Waals surface area contributed by atoms with Crippen molar-refractivity contribution in [2.45, 2.75) is 32.0 Å². The van der Waals surface area contributed by atoms with Crippen molar-refractivity contribution in [1.82, 2.24) is 4.90 Å². The number of carbonyl (C=O) groups excluding carboxylic acids is 1. The molecular weight excluding hydrogens is 359 g/mol. The minimum atomic E-state index is -0.283. The molecule has 1 saturated heterocycles. The van der Waals surface area contributed by atoms with Gasteiger partial charge in [-0.2, -0.15) is 0 Å². The lowest BCUT2D eigenvalue weighted by Gasteiger charge is -2.32. The van der Waals surface area contributed by atoms with Crippen LogP contribution in [-0.2, 0) is 11.3 Å². The second-order valence-corrected chi connectivity index (χ2v) is 6.92. The van der Waals surface area contributed by atoms with E-state index in [2.05, 4.69) is 0 Å². The Morgan fingerprint density at radius 2 is 1.82 bits per heavy atom. The van der Waals surface area contributed by atoms with Crippen LogP contribution in [0.15, 0.2) is 48.5 Å². The van der Waals surface area contributed by atoms with Crippen LogP contribution in [0.5, 0.6) is 5.75 Å². The highest BCUT2D eigenvalue weighted by atomic mass is 19.1. The summed E-state index contributed by atoms with van der Waals surface area (Å²) >= 11 is 0. The van der Waals surface area contributed by atoms with Gasteiger partial charge in [0.15, 0.2) is 0 Å². The van der Waals surface area contributed by atoms with E-state index < -0.39 is 0 Å². The second kappa shape index (κ2) is 10.2. The van der Waals surface area contributed by atoms with Crippen LogP contribution in [0.4, 0.5) is 4.39 Å². The fourth-order valence-electron chi connectivity index (χ4n) is 3.24. The zero-order chi connectivity index (χ0) is 19.8. The predicted octanol–water partition coefficient (Wildman–Crippen LogP) is 3.37. The van der Waals surface area contributed by atoms with Crippen molar-refractivity contribution in [3.8, 4) is 5.75 Å². The van der Waals surface area contributed by atoms with Crippen LogP contribution in [0.1, 0.15) is 35.2 Å². The molecule has 2 N–H and O–H groups in total. The van der Waals surface area contributed by atoms with E-state index in [0.717, 1.165) is 24.8 Å². The van der Waals surface area contributed by atoms with E-state index >= 15 is 0 Å². The number of halogens is 1. The van der Waals surface area contributed by atoms with Crippen LogP contribution in [-0.4, -0.2) is 43.2 Å². The summed E-state index contributed by atoms with van der Waals surface area (Å²) < 4.78 is 24.7. The van der Waals surface area contributed by atoms with Gasteiger partial charge >= 0.3 is 0 Å². The first-order chi connectivity index (χ1) is 13.7. The highest BCUT2D eigenvalue weighted by Crippen LogP contribution is 2.24. The van der Waals surface area contributed by atoms with Gasteiger partial charge in [0.1, 0.15) is 18.2 Å². The molecule has 6 heteroatoms. The summed E-state index contributed by atoms with van der Waals surface area (Å²) in [6, 6.07) is 13.4. The number of rotatable bonds is 8. The first-order valence-electron chi connectivity index (χ1n) is 9.74. The lowest BCUT2D eigenvalue weighted by Crippen LogP contribution is -2.41. The highest BCUT2D eigenvalue weighted by Gasteiger charge is 2.25. The monoisotopic (exact) mass is 386 g/mol. The molecule has 150 valence electrons. The number of hydrogen-bond acceptors (Lipinski definition) is 4. The SMILES string of the molecule is NCCCOC1CCN(C(=O)c2ccccc2OCc2ccc(F)cc2)CC1. The molecule has 1 aliphatic rings. The summed E-state index contributed by atoms with van der Waals surface area (Å²) in [5.41, 5.74) is 6.89. The Hall–Kier alpha value is -2.44. The normalized spacial score (nSPS) is 14.9. The minimum absolute atomic E-state index is 0.0323. The van der Waals surface area contributed by atoms with Crippen molar-refractivity contribution < 1.29 is 18.7 Å². The molecule has 5 nitrogen and oxygen atoms in total. The van der Waals surface area contributed by atoms with Crippen LogP contribution in [0.2, 0.25) is 0 Å². The van der Waals surface area contributed by atoms with Crippen LogP contribution < -0.4 is 10.5 Å². The summed E-state index contributed by atoms with van der Waals surface area (Å²) in [6.07, 6.45) is 2.71. The maximum absolute atomic E-state index is 13.0. The Morgan fingerprint density at radius 1 is 1.11 bits per heavy atom. The molecule has 0 aliphatic carbocycles. The molecule has 0 spiro atoms. The topological polar surface area (TPSA) is 64.8 Å². The minimum Gasteiger partial charge on any atom is -0.488 e. The third-order valence-corrected chi connectivity index (χ3v) is 4.86. The summed E-state index contributed by atoms with van der Waals surface area (Å²) in [5.74, 6) is 0.225. The standard InChI is InChI=1S/C22H27FN2O3/c23-18-8-6-17(7-9-18)16-28-21-5-2-1-4-20(21)22(26)25-13-10-19(11-14-25)27-15-3-12-24/h1-2,4-9,19H,3,10-16,24H2. The quantitative estimate of drug-likeness (QED) is 0.707. The van der Waals surface area contributed by atoms with Gasteiger partial charge in [0.2, 0.25) is 0 Å². The van der Waals surface area contributed by atoms with Gasteiger partial charge in [-0.1, -0.05) is 24.3 Å². The van der Waals surface area contributed by atoms with Gasteiger partial charge in [-0.3, -0.25) is 4.79 Å². The molecule has 0 unspecified atom stereocenters. The van der Waals surface area contributed by atoms with Crippen molar-refractivity contribution in [2.24, 2.45) is 5.73 Å². The van der Waals surface area contributed by atoms with Gasteiger partial charge in [0.05, 0.1) is 11.7 Å². The third kappa shape index (κ3) is 5.53. The largest absolute Gasteiger partial charge is 0.488 e. The van der Waals surface area contributed by atoms with Crippen LogP contribution >= 0.6 is 0 Å². The lowest BCUT2D eigenvalue weighted by atomic mass is 10.1. The van der Waals surface area contributed by atoms with Gasteiger partial charge in [0, 0.05) is 19.7 Å². The van der Waals surface area contributed by atoms with E-state index in [9.17, 15) is 9.18 Å². The van der Waals surface area contributed by atoms with Gasteiger partial charge in [-0.05, 0) is 55.6 Å². The summed E-state index contributed by atoms with van der Waals surface area (Å²) in [7, 11) is 0. The molecule has 3 rings (SSSR count). The number of para-hydroxylation sites is 1. The second-order valence-electron chi connectivity index (χ2n) is 6.92. The lowest BCUT2D eigenvalue weighted by molar-refractivity contribution is 0.00835. The first kappa shape index (κ1) is 20.3. The van der Waals surface area contributed by atoms with Crippen LogP contribution in [0.25, 0.3) is 0 Å². The number of likely N-dealkylation sites (tertiary alicyclic amines) is 1. The number of piperidine rings is 1. The fourth-order valence-corrected chi connectivity index (χ4v) is 3.24. The molecule has 1 aliphatic heterocycles. The Morgan fingerprint density at radius 3 is 2.54 bits per heavy atom.